The second-order valence-electron chi connectivity index (χ2n) is 4.31. The fourth-order valence-corrected chi connectivity index (χ4v) is 2.61. The van der Waals surface area contributed by atoms with Crippen LogP contribution in [0.1, 0.15) is 19.8 Å². The lowest BCUT2D eigenvalue weighted by molar-refractivity contribution is -0.119. The monoisotopic (exact) mass is 264 g/mol. The predicted octanol–water partition coefficient (Wildman–Crippen LogP) is -0.956. The van der Waals surface area contributed by atoms with Gasteiger partial charge in [-0.25, -0.2) is 8.42 Å². The van der Waals surface area contributed by atoms with Crippen molar-refractivity contribution in [3.05, 3.63) is 0 Å². The molecule has 1 rings (SSSR count). The lowest BCUT2D eigenvalue weighted by Gasteiger charge is -2.23. The van der Waals surface area contributed by atoms with Gasteiger partial charge in [0.05, 0.1) is 5.25 Å². The van der Waals surface area contributed by atoms with E-state index in [0.717, 1.165) is 12.8 Å². The molecule has 7 heteroatoms. The highest BCUT2D eigenvalue weighted by Gasteiger charge is 2.25. The Morgan fingerprint density at radius 2 is 2.06 bits per heavy atom. The Bertz CT molecular complexity index is 349. The lowest BCUT2D eigenvalue weighted by Crippen LogP contribution is -2.43. The highest BCUT2D eigenvalue weighted by Crippen LogP contribution is 2.07. The number of hydrogen-bond acceptors (Lipinski definition) is 5. The molecular weight excluding hydrogens is 244 g/mol. The van der Waals surface area contributed by atoms with E-state index < -0.39 is 26.7 Å². The van der Waals surface area contributed by atoms with E-state index in [-0.39, 0.29) is 12.6 Å². The van der Waals surface area contributed by atoms with Gasteiger partial charge in [-0.15, -0.1) is 0 Å². The molecule has 0 bridgehead atoms. The first-order valence-corrected chi connectivity index (χ1v) is 7.46. The maximum absolute atomic E-state index is 11.6. The van der Waals surface area contributed by atoms with Crippen LogP contribution in [-0.4, -0.2) is 51.1 Å². The molecule has 3 N–H and O–H groups in total. The van der Waals surface area contributed by atoms with Gasteiger partial charge >= 0.3 is 0 Å². The zero-order chi connectivity index (χ0) is 12.9. The van der Waals surface area contributed by atoms with E-state index in [1.165, 1.54) is 6.92 Å². The van der Waals surface area contributed by atoms with Gasteiger partial charge in [-0.3, -0.25) is 4.79 Å². The summed E-state index contributed by atoms with van der Waals surface area (Å²) in [5, 5.41) is 2.04. The number of carbonyl (C=O) groups is 1. The van der Waals surface area contributed by atoms with Crippen molar-refractivity contribution in [2.45, 2.75) is 31.1 Å². The largest absolute Gasteiger partial charge is 0.381 e. The van der Waals surface area contributed by atoms with Crippen molar-refractivity contribution in [1.82, 2.24) is 5.32 Å². The third-order valence-electron chi connectivity index (χ3n) is 2.86. The standard InChI is InChI=1S/C10H20N2O4S/c1-8(6-11)17(14,15)7-10(13)12-9-2-4-16-5-3-9/h8-9H,2-7,11H2,1H3,(H,12,13). The SMILES string of the molecule is CC(CN)S(=O)(=O)CC(=O)NC1CCOCC1. The van der Waals surface area contributed by atoms with E-state index >= 15 is 0 Å². The van der Waals surface area contributed by atoms with E-state index in [4.69, 9.17) is 10.5 Å². The number of sulfone groups is 1. The minimum atomic E-state index is -3.43. The summed E-state index contributed by atoms with van der Waals surface area (Å²) in [6, 6.07) is 0.0274. The van der Waals surface area contributed by atoms with Crippen LogP contribution in [0, 0.1) is 0 Å². The Balaban J connectivity index is 2.43. The molecule has 1 heterocycles. The molecule has 100 valence electrons. The van der Waals surface area contributed by atoms with Gasteiger partial charge in [0, 0.05) is 25.8 Å². The van der Waals surface area contributed by atoms with Crippen molar-refractivity contribution in [1.29, 1.82) is 0 Å². The zero-order valence-electron chi connectivity index (χ0n) is 10.0. The second-order valence-corrected chi connectivity index (χ2v) is 6.73. The molecule has 0 aromatic carbocycles. The summed E-state index contributed by atoms with van der Waals surface area (Å²) < 4.78 is 28.4. The normalized spacial score (nSPS) is 19.9. The van der Waals surface area contributed by atoms with E-state index in [2.05, 4.69) is 5.32 Å². The summed E-state index contributed by atoms with van der Waals surface area (Å²) in [4.78, 5) is 11.6. The third-order valence-corrected chi connectivity index (χ3v) is 4.95. The fraction of sp³-hybridized carbons (Fsp3) is 0.900. The molecule has 1 atom stereocenters. The van der Waals surface area contributed by atoms with Crippen molar-refractivity contribution in [3.8, 4) is 0 Å². The molecule has 0 spiro atoms. The Morgan fingerprint density at radius 1 is 1.47 bits per heavy atom. The van der Waals surface area contributed by atoms with Crippen LogP contribution in [0.3, 0.4) is 0 Å². The summed E-state index contributed by atoms with van der Waals surface area (Å²) in [7, 11) is -3.43. The van der Waals surface area contributed by atoms with Crippen LogP contribution in [-0.2, 0) is 19.4 Å². The molecule has 0 saturated carbocycles. The molecule has 6 nitrogen and oxygen atoms in total. The average Bonchev–Trinajstić information content (AvgIpc) is 2.28. The van der Waals surface area contributed by atoms with E-state index in [9.17, 15) is 13.2 Å². The minimum Gasteiger partial charge on any atom is -0.381 e. The van der Waals surface area contributed by atoms with Crippen LogP contribution < -0.4 is 11.1 Å². The summed E-state index contributed by atoms with van der Waals surface area (Å²) in [5.74, 6) is -0.930. The summed E-state index contributed by atoms with van der Waals surface area (Å²) in [6.07, 6.45) is 1.47. The molecule has 0 aromatic heterocycles. The highest BCUT2D eigenvalue weighted by atomic mass is 32.2. The van der Waals surface area contributed by atoms with Crippen LogP contribution in [0.15, 0.2) is 0 Å². The second kappa shape index (κ2) is 6.32. The molecule has 0 aliphatic carbocycles. The van der Waals surface area contributed by atoms with Gasteiger partial charge in [-0.05, 0) is 19.8 Å². The van der Waals surface area contributed by atoms with E-state index in [1.807, 2.05) is 0 Å². The van der Waals surface area contributed by atoms with Crippen LogP contribution in [0.4, 0.5) is 0 Å². The van der Waals surface area contributed by atoms with Gasteiger partial charge in [-0.2, -0.15) is 0 Å². The van der Waals surface area contributed by atoms with Gasteiger partial charge in [0.1, 0.15) is 5.75 Å². The number of ether oxygens (including phenoxy) is 1. The van der Waals surface area contributed by atoms with Crippen LogP contribution >= 0.6 is 0 Å². The number of carbonyl (C=O) groups excluding carboxylic acids is 1. The van der Waals surface area contributed by atoms with Crippen LogP contribution in [0.2, 0.25) is 0 Å². The van der Waals surface area contributed by atoms with Gasteiger partial charge in [-0.1, -0.05) is 0 Å². The number of amides is 1. The van der Waals surface area contributed by atoms with Gasteiger partial charge in [0.2, 0.25) is 5.91 Å². The van der Waals surface area contributed by atoms with Crippen molar-refractivity contribution in [3.63, 3.8) is 0 Å². The van der Waals surface area contributed by atoms with Gasteiger partial charge in [0.25, 0.3) is 0 Å². The smallest absolute Gasteiger partial charge is 0.235 e. The zero-order valence-corrected chi connectivity index (χ0v) is 10.8. The Morgan fingerprint density at radius 3 is 2.59 bits per heavy atom. The van der Waals surface area contributed by atoms with Gasteiger partial charge < -0.3 is 15.8 Å². The van der Waals surface area contributed by atoms with Crippen molar-refractivity contribution < 1.29 is 17.9 Å². The highest BCUT2D eigenvalue weighted by molar-refractivity contribution is 7.92. The molecule has 1 fully saturated rings. The first kappa shape index (κ1) is 14.4. The number of hydrogen-bond donors (Lipinski definition) is 2. The first-order chi connectivity index (χ1) is 7.95. The average molecular weight is 264 g/mol. The Labute approximate surface area is 102 Å². The third kappa shape index (κ3) is 4.61. The summed E-state index contributed by atoms with van der Waals surface area (Å²) in [6.45, 7) is 2.76. The quantitative estimate of drug-likeness (QED) is 0.666. The number of nitrogens with one attached hydrogen (secondary N) is 1. The number of nitrogens with two attached hydrogens (primary N) is 1. The number of rotatable bonds is 5. The Kier molecular flexibility index (Phi) is 5.35. The lowest BCUT2D eigenvalue weighted by atomic mass is 10.1. The molecule has 0 radical (unpaired) electrons. The molecular formula is C10H20N2O4S. The molecule has 1 amide bonds. The van der Waals surface area contributed by atoms with Crippen molar-refractivity contribution in [2.75, 3.05) is 25.5 Å². The molecule has 1 unspecified atom stereocenters. The van der Waals surface area contributed by atoms with Crippen LogP contribution in [0.5, 0.6) is 0 Å². The molecule has 1 aliphatic heterocycles. The molecule has 1 aliphatic rings. The molecule has 17 heavy (non-hydrogen) atoms. The van der Waals surface area contributed by atoms with Crippen LogP contribution in [0.25, 0.3) is 0 Å². The van der Waals surface area contributed by atoms with Crippen molar-refractivity contribution in [2.24, 2.45) is 5.73 Å². The summed E-state index contributed by atoms with van der Waals surface area (Å²) in [5.41, 5.74) is 5.29. The Hall–Kier alpha value is -0.660. The predicted molar refractivity (Wildman–Crippen MR) is 64.3 cm³/mol. The fourth-order valence-electron chi connectivity index (χ4n) is 1.58. The maximum atomic E-state index is 11.6. The van der Waals surface area contributed by atoms with E-state index in [1.54, 1.807) is 0 Å². The maximum Gasteiger partial charge on any atom is 0.235 e. The van der Waals surface area contributed by atoms with E-state index in [0.29, 0.717) is 13.2 Å². The minimum absolute atomic E-state index is 0.0274. The molecule has 1 saturated heterocycles. The van der Waals surface area contributed by atoms with Gasteiger partial charge in [0.15, 0.2) is 9.84 Å². The van der Waals surface area contributed by atoms with Crippen molar-refractivity contribution >= 4 is 15.7 Å². The first-order valence-electron chi connectivity index (χ1n) is 5.74. The topological polar surface area (TPSA) is 98.5 Å². The summed E-state index contributed by atoms with van der Waals surface area (Å²) >= 11 is 0. The molecule has 0 aromatic rings.